The van der Waals surface area contributed by atoms with Crippen LogP contribution in [0.1, 0.15) is 29.2 Å². The van der Waals surface area contributed by atoms with E-state index in [-0.39, 0.29) is 0 Å². The zero-order valence-electron chi connectivity index (χ0n) is 29.9. The molecule has 0 saturated carbocycles. The SMILES string of the molecule is SCCCOc1ccc(-c2c3nc(c(-c4ccccc4Cl)c4ccc([nH]4)c(-c4ccccc4Cl)c4nc(c(-c5ccccc5Cl)c5ccc2[nH]5)C=C4)C=C3)cc1. The molecule has 9 rings (SSSR count). The summed E-state index contributed by atoms with van der Waals surface area (Å²) in [5.74, 6) is 1.56. The second-order valence-electron chi connectivity index (χ2n) is 13.4. The Morgan fingerprint density at radius 2 is 0.839 bits per heavy atom. The van der Waals surface area contributed by atoms with Crippen molar-refractivity contribution in [3.63, 3.8) is 0 Å². The van der Waals surface area contributed by atoms with Gasteiger partial charge in [-0.2, -0.15) is 12.6 Å². The van der Waals surface area contributed by atoms with Gasteiger partial charge in [0.05, 0.1) is 29.4 Å². The van der Waals surface area contributed by atoms with E-state index >= 15 is 0 Å². The Balaban J connectivity index is 1.43. The Hall–Kier alpha value is -5.50. The third kappa shape index (κ3) is 6.84. The number of fused-ring (bicyclic) bond motifs is 8. The first kappa shape index (κ1) is 36.2. The van der Waals surface area contributed by atoms with Crippen LogP contribution in [0.25, 0.3) is 90.9 Å². The van der Waals surface area contributed by atoms with Gasteiger partial charge in [0.15, 0.2) is 0 Å². The van der Waals surface area contributed by atoms with Crippen molar-refractivity contribution in [2.45, 2.75) is 6.42 Å². The Labute approximate surface area is 344 Å². The molecule has 56 heavy (non-hydrogen) atoms. The largest absolute Gasteiger partial charge is 0.494 e. The maximum Gasteiger partial charge on any atom is 0.119 e. The Bertz CT molecular complexity index is 2830. The summed E-state index contributed by atoms with van der Waals surface area (Å²) in [6.45, 7) is 0.601. The van der Waals surface area contributed by atoms with Crippen molar-refractivity contribution in [2.24, 2.45) is 0 Å². The van der Waals surface area contributed by atoms with Crippen LogP contribution in [0.3, 0.4) is 0 Å². The molecule has 0 saturated heterocycles. The molecule has 9 heteroatoms. The summed E-state index contributed by atoms with van der Waals surface area (Å²) in [5, 5.41) is 1.84. The summed E-state index contributed by atoms with van der Waals surface area (Å²) in [4.78, 5) is 18.2. The number of hydrogen-bond donors (Lipinski definition) is 3. The third-order valence-corrected chi connectivity index (χ3v) is 11.2. The highest BCUT2D eigenvalue weighted by Crippen LogP contribution is 2.41. The van der Waals surface area contributed by atoms with Gasteiger partial charge in [0, 0.05) is 76.1 Å². The van der Waals surface area contributed by atoms with E-state index in [0.29, 0.717) is 21.7 Å². The molecule has 0 unspecified atom stereocenters. The summed E-state index contributed by atoms with van der Waals surface area (Å²) in [6, 6.07) is 40.0. The first-order chi connectivity index (χ1) is 27.5. The van der Waals surface area contributed by atoms with E-state index in [9.17, 15) is 0 Å². The lowest BCUT2D eigenvalue weighted by atomic mass is 10.0. The van der Waals surface area contributed by atoms with Gasteiger partial charge in [-0.1, -0.05) is 102 Å². The smallest absolute Gasteiger partial charge is 0.119 e. The lowest BCUT2D eigenvalue weighted by Crippen LogP contribution is -1.97. The minimum absolute atomic E-state index is 0.601. The second kappa shape index (κ2) is 15.6. The normalized spacial score (nSPS) is 12.0. The van der Waals surface area contributed by atoms with E-state index in [1.165, 1.54) is 0 Å². The fourth-order valence-electron chi connectivity index (χ4n) is 7.32. The van der Waals surface area contributed by atoms with Crippen molar-refractivity contribution < 1.29 is 4.74 Å². The van der Waals surface area contributed by atoms with Gasteiger partial charge in [-0.3, -0.25) is 0 Å². The van der Waals surface area contributed by atoms with E-state index in [1.54, 1.807) is 0 Å². The standard InChI is InChI=1S/C47H33Cl3N4OS/c48-33-11-4-1-8-30(33)45-38-20-18-36(51-38)44(28-14-16-29(17-15-28)55-26-7-27-56)37-19-21-39(52-37)46(31-9-2-5-12-34(31)49)41-23-25-43(54-41)47(42-24-22-40(45)53-42)32-10-3-6-13-35(32)50/h1-6,8-25,51,54,56H,7,26-27H2. The number of nitrogens with zero attached hydrogens (tertiary/aromatic N) is 2. The molecule has 8 bridgehead atoms. The maximum atomic E-state index is 6.96. The molecule has 4 aromatic carbocycles. The number of benzene rings is 4. The zero-order valence-corrected chi connectivity index (χ0v) is 33.0. The molecule has 3 aromatic heterocycles. The highest BCUT2D eigenvalue weighted by atomic mass is 35.5. The molecule has 0 aliphatic carbocycles. The van der Waals surface area contributed by atoms with Gasteiger partial charge in [-0.25, -0.2) is 9.97 Å². The fourth-order valence-corrected chi connectivity index (χ4v) is 8.14. The summed E-state index contributed by atoms with van der Waals surface area (Å²) in [5.41, 5.74) is 13.5. The number of rotatable bonds is 8. The Kier molecular flexibility index (Phi) is 10.0. The van der Waals surface area contributed by atoms with Gasteiger partial charge in [0.2, 0.25) is 0 Å². The number of aromatic nitrogens is 4. The molecular weight excluding hydrogens is 775 g/mol. The maximum absolute atomic E-state index is 6.96. The van der Waals surface area contributed by atoms with Crippen molar-refractivity contribution in [3.05, 3.63) is 159 Å². The van der Waals surface area contributed by atoms with E-state index in [1.807, 2.05) is 97.1 Å². The van der Waals surface area contributed by atoms with E-state index < -0.39 is 0 Å². The number of thiol groups is 1. The number of ether oxygens (including phenoxy) is 1. The minimum atomic E-state index is 0.601. The number of halogens is 3. The number of hydrogen-bond acceptors (Lipinski definition) is 4. The van der Waals surface area contributed by atoms with Crippen LogP contribution in [0.15, 0.2) is 121 Å². The molecule has 274 valence electrons. The van der Waals surface area contributed by atoms with Crippen LogP contribution in [-0.4, -0.2) is 32.3 Å². The molecule has 2 aliphatic heterocycles. The lowest BCUT2D eigenvalue weighted by Gasteiger charge is -2.09. The average Bonchev–Trinajstić information content (AvgIpc) is 4.05. The lowest BCUT2D eigenvalue weighted by molar-refractivity contribution is 0.319. The molecule has 5 heterocycles. The molecule has 0 fully saturated rings. The van der Waals surface area contributed by atoms with Crippen LogP contribution in [0.4, 0.5) is 0 Å². The monoisotopic (exact) mass is 806 g/mol. The first-order valence-electron chi connectivity index (χ1n) is 18.2. The highest BCUT2D eigenvalue weighted by molar-refractivity contribution is 7.80. The second-order valence-corrected chi connectivity index (χ2v) is 15.1. The number of aromatic amines is 2. The van der Waals surface area contributed by atoms with Gasteiger partial charge in [0.25, 0.3) is 0 Å². The van der Waals surface area contributed by atoms with Crippen LogP contribution in [0, 0.1) is 0 Å². The van der Waals surface area contributed by atoms with Crippen molar-refractivity contribution in [1.29, 1.82) is 0 Å². The zero-order chi connectivity index (χ0) is 38.2. The molecule has 0 atom stereocenters. The number of H-pyrrole nitrogens is 2. The first-order valence-corrected chi connectivity index (χ1v) is 20.0. The molecular formula is C47H33Cl3N4OS. The summed E-state index contributed by atoms with van der Waals surface area (Å²) in [7, 11) is 0. The van der Waals surface area contributed by atoms with Gasteiger partial charge in [-0.15, -0.1) is 0 Å². The molecule has 0 spiro atoms. The van der Waals surface area contributed by atoms with Crippen LogP contribution in [-0.2, 0) is 0 Å². The molecule has 5 nitrogen and oxygen atoms in total. The van der Waals surface area contributed by atoms with Gasteiger partial charge < -0.3 is 14.7 Å². The molecule has 0 amide bonds. The van der Waals surface area contributed by atoms with Crippen molar-refractivity contribution in [1.82, 2.24) is 19.9 Å². The summed E-state index contributed by atoms with van der Waals surface area (Å²) >= 11 is 25.2. The van der Waals surface area contributed by atoms with Crippen molar-refractivity contribution in [3.8, 4) is 50.3 Å². The third-order valence-electron chi connectivity index (χ3n) is 9.90. The van der Waals surface area contributed by atoms with Crippen LogP contribution < -0.4 is 4.74 Å². The van der Waals surface area contributed by atoms with Gasteiger partial charge >= 0.3 is 0 Å². The molecule has 2 aliphatic rings. The molecule has 7 aromatic rings. The van der Waals surface area contributed by atoms with Crippen molar-refractivity contribution >= 4 is 93.8 Å². The molecule has 2 N–H and O–H groups in total. The molecule has 0 radical (unpaired) electrons. The summed E-state index contributed by atoms with van der Waals surface area (Å²) in [6.07, 6.45) is 9.05. The average molecular weight is 808 g/mol. The topological polar surface area (TPSA) is 66.6 Å². The van der Waals surface area contributed by atoms with Crippen molar-refractivity contribution in [2.75, 3.05) is 12.4 Å². The predicted molar refractivity (Wildman–Crippen MR) is 240 cm³/mol. The van der Waals surface area contributed by atoms with Gasteiger partial charge in [-0.05, 0) is 96.6 Å². The fraction of sp³-hybridized carbons (Fsp3) is 0.0638. The Morgan fingerprint density at radius 1 is 0.464 bits per heavy atom. The van der Waals surface area contributed by atoms with E-state index in [0.717, 1.165) is 107 Å². The van der Waals surface area contributed by atoms with E-state index in [2.05, 4.69) is 71.1 Å². The Morgan fingerprint density at radius 3 is 1.23 bits per heavy atom. The quantitative estimate of drug-likeness (QED) is 0.106. The minimum Gasteiger partial charge on any atom is -0.494 e. The van der Waals surface area contributed by atoms with Crippen LogP contribution in [0.5, 0.6) is 5.75 Å². The highest BCUT2D eigenvalue weighted by Gasteiger charge is 2.21. The van der Waals surface area contributed by atoms with Gasteiger partial charge in [0.1, 0.15) is 5.75 Å². The summed E-state index contributed by atoms with van der Waals surface area (Å²) < 4.78 is 5.99. The van der Waals surface area contributed by atoms with Crippen LogP contribution >= 0.6 is 47.4 Å². The van der Waals surface area contributed by atoms with E-state index in [4.69, 9.17) is 49.5 Å². The predicted octanol–water partition coefficient (Wildman–Crippen LogP) is 14.0. The van der Waals surface area contributed by atoms with Crippen LogP contribution in [0.2, 0.25) is 15.1 Å². The number of nitrogens with one attached hydrogen (secondary N) is 2.